The first-order chi connectivity index (χ1) is 14.0. The number of ether oxygens (including phenoxy) is 1. The topological polar surface area (TPSA) is 162 Å². The van der Waals surface area contributed by atoms with E-state index in [0.717, 1.165) is 12.1 Å². The number of benzene rings is 1. The van der Waals surface area contributed by atoms with E-state index in [-0.39, 0.29) is 17.3 Å². The zero-order chi connectivity index (χ0) is 20.5. The molecule has 3 heterocycles. The molecule has 12 nitrogen and oxygen atoms in total. The number of phenolic OH excluding ortho intramolecular Hbond substituents is 2. The Labute approximate surface area is 162 Å². The van der Waals surface area contributed by atoms with Gasteiger partial charge in [-0.2, -0.15) is 4.98 Å². The van der Waals surface area contributed by atoms with Gasteiger partial charge in [0.1, 0.15) is 18.7 Å². The van der Waals surface area contributed by atoms with Crippen molar-refractivity contribution in [3.63, 3.8) is 0 Å². The number of aromatic nitrogens is 3. The molecule has 29 heavy (non-hydrogen) atoms. The number of hydrogen-bond donors (Lipinski definition) is 2. The first-order valence-electron chi connectivity index (χ1n) is 8.55. The zero-order valence-electron chi connectivity index (χ0n) is 14.9. The number of hydrogen-bond acceptors (Lipinski definition) is 10. The number of rotatable bonds is 4. The lowest BCUT2D eigenvalue weighted by Crippen LogP contribution is -2.44. The lowest BCUT2D eigenvalue weighted by atomic mass is 10.1. The summed E-state index contributed by atoms with van der Waals surface area (Å²) in [5.74, 6) is -1.24. The van der Waals surface area contributed by atoms with Crippen LogP contribution in [0.5, 0.6) is 11.5 Å². The van der Waals surface area contributed by atoms with Crippen molar-refractivity contribution in [1.82, 2.24) is 10.1 Å². The number of nitro benzene ring substituents is 1. The van der Waals surface area contributed by atoms with E-state index in [0.29, 0.717) is 42.4 Å². The Hall–Kier alpha value is -3.93. The van der Waals surface area contributed by atoms with Crippen LogP contribution >= 0.6 is 0 Å². The second-order valence-corrected chi connectivity index (χ2v) is 6.21. The third-order valence-corrected chi connectivity index (χ3v) is 4.42. The summed E-state index contributed by atoms with van der Waals surface area (Å²) >= 11 is 0. The predicted molar refractivity (Wildman–Crippen MR) is 97.1 cm³/mol. The smallest absolute Gasteiger partial charge is 0.315 e. The highest BCUT2D eigenvalue weighted by molar-refractivity contribution is 5.72. The van der Waals surface area contributed by atoms with E-state index in [1.54, 1.807) is 12.1 Å². The van der Waals surface area contributed by atoms with Crippen molar-refractivity contribution in [2.24, 2.45) is 0 Å². The third-order valence-electron chi connectivity index (χ3n) is 4.42. The van der Waals surface area contributed by atoms with Crippen molar-refractivity contribution in [3.8, 4) is 34.3 Å². The fraction of sp³-hybridized carbons (Fsp3) is 0.235. The molecule has 4 rings (SSSR count). The summed E-state index contributed by atoms with van der Waals surface area (Å²) in [7, 11) is 0. The minimum absolute atomic E-state index is 0.0459. The highest BCUT2D eigenvalue weighted by Gasteiger charge is 2.28. The highest BCUT2D eigenvalue weighted by atomic mass is 16.6. The Morgan fingerprint density at radius 1 is 1.24 bits per heavy atom. The van der Waals surface area contributed by atoms with Gasteiger partial charge < -0.3 is 24.7 Å². The average Bonchev–Trinajstić information content (AvgIpc) is 3.20. The summed E-state index contributed by atoms with van der Waals surface area (Å²) in [6.45, 7) is 1.98. The molecular formula is C17H15N5O7. The van der Waals surface area contributed by atoms with Crippen LogP contribution in [0.25, 0.3) is 22.8 Å². The van der Waals surface area contributed by atoms with Crippen LogP contribution in [0.1, 0.15) is 0 Å². The molecule has 0 unspecified atom stereocenters. The summed E-state index contributed by atoms with van der Waals surface area (Å²) in [6, 6.07) is 5.28. The van der Waals surface area contributed by atoms with Crippen LogP contribution in [-0.2, 0) is 4.74 Å². The molecule has 0 radical (unpaired) electrons. The van der Waals surface area contributed by atoms with E-state index in [1.165, 1.54) is 6.20 Å². The number of pyridine rings is 1. The van der Waals surface area contributed by atoms with E-state index < -0.39 is 22.1 Å². The van der Waals surface area contributed by atoms with Crippen LogP contribution in [0.4, 0.5) is 11.5 Å². The summed E-state index contributed by atoms with van der Waals surface area (Å²) in [5, 5.41) is 46.7. The lowest BCUT2D eigenvalue weighted by Gasteiger charge is -2.25. The van der Waals surface area contributed by atoms with E-state index in [9.17, 15) is 25.5 Å². The lowest BCUT2D eigenvalue weighted by molar-refractivity contribution is -0.591. The van der Waals surface area contributed by atoms with E-state index in [2.05, 4.69) is 10.1 Å². The monoisotopic (exact) mass is 401 g/mol. The molecule has 0 atom stereocenters. The molecule has 0 saturated carbocycles. The van der Waals surface area contributed by atoms with Gasteiger partial charge in [0, 0.05) is 6.07 Å². The molecule has 1 fully saturated rings. The molecule has 0 aliphatic carbocycles. The fourth-order valence-electron chi connectivity index (χ4n) is 3.06. The van der Waals surface area contributed by atoms with E-state index in [4.69, 9.17) is 9.26 Å². The van der Waals surface area contributed by atoms with Crippen LogP contribution in [0.3, 0.4) is 0 Å². The average molecular weight is 401 g/mol. The Morgan fingerprint density at radius 3 is 2.72 bits per heavy atom. The molecule has 0 spiro atoms. The van der Waals surface area contributed by atoms with Gasteiger partial charge in [0.25, 0.3) is 11.7 Å². The van der Waals surface area contributed by atoms with E-state index in [1.807, 2.05) is 4.90 Å². The number of phenols is 2. The Bertz CT molecular complexity index is 1080. The second kappa shape index (κ2) is 7.24. The molecule has 1 aromatic carbocycles. The number of nitro groups is 1. The molecule has 2 N–H and O–H groups in total. The van der Waals surface area contributed by atoms with Crippen molar-refractivity contribution < 1.29 is 29.1 Å². The molecule has 1 aliphatic heterocycles. The third kappa shape index (κ3) is 3.36. The summed E-state index contributed by atoms with van der Waals surface area (Å²) < 4.78 is 11.2. The Morgan fingerprint density at radius 2 is 2.00 bits per heavy atom. The van der Waals surface area contributed by atoms with Crippen molar-refractivity contribution in [3.05, 3.63) is 45.8 Å². The van der Waals surface area contributed by atoms with Crippen molar-refractivity contribution in [2.45, 2.75) is 0 Å². The van der Waals surface area contributed by atoms with Crippen LogP contribution in [0, 0.1) is 15.3 Å². The van der Waals surface area contributed by atoms with Gasteiger partial charge in [0.05, 0.1) is 29.9 Å². The van der Waals surface area contributed by atoms with Gasteiger partial charge in [-0.15, -0.1) is 0 Å². The van der Waals surface area contributed by atoms with Crippen LogP contribution in [0.2, 0.25) is 0 Å². The normalized spacial score (nSPS) is 14.1. The van der Waals surface area contributed by atoms with Gasteiger partial charge in [-0.05, 0) is 18.2 Å². The first kappa shape index (κ1) is 18.4. The largest absolute Gasteiger partial charge is 0.711 e. The molecule has 12 heteroatoms. The predicted octanol–water partition coefficient (Wildman–Crippen LogP) is 1.19. The van der Waals surface area contributed by atoms with Crippen molar-refractivity contribution in [1.29, 1.82) is 0 Å². The Kier molecular flexibility index (Phi) is 4.60. The van der Waals surface area contributed by atoms with Crippen LogP contribution < -0.4 is 9.63 Å². The van der Waals surface area contributed by atoms with Crippen LogP contribution in [-0.4, -0.2) is 51.6 Å². The number of nitrogens with zero attached hydrogens (tertiary/aromatic N) is 5. The van der Waals surface area contributed by atoms with Gasteiger partial charge >= 0.3 is 5.69 Å². The molecular weight excluding hydrogens is 386 g/mol. The second-order valence-electron chi connectivity index (χ2n) is 6.21. The quantitative estimate of drug-likeness (QED) is 0.213. The molecule has 3 aromatic rings. The number of anilines is 1. The van der Waals surface area contributed by atoms with Gasteiger partial charge in [0.15, 0.2) is 5.75 Å². The number of morpholine rings is 1. The molecule has 1 aliphatic rings. The van der Waals surface area contributed by atoms with Crippen molar-refractivity contribution in [2.75, 3.05) is 31.2 Å². The maximum absolute atomic E-state index is 12.4. The summed E-state index contributed by atoms with van der Waals surface area (Å²) in [5.41, 5.74) is -0.243. The Balaban J connectivity index is 1.76. The standard InChI is InChI=1S/C17H15N5O7/c23-13-9-10(8-12(14(13)24)22(26)27)16-18-15(19-29-16)11-2-1-3-21(25)17(11)20-4-6-28-7-5-20/h1-3,8-9,23-24H,4-7H2. The van der Waals surface area contributed by atoms with Gasteiger partial charge in [-0.3, -0.25) is 15.0 Å². The first-order valence-corrected chi connectivity index (χ1v) is 8.55. The van der Waals surface area contributed by atoms with Gasteiger partial charge in [0.2, 0.25) is 11.6 Å². The summed E-state index contributed by atoms with van der Waals surface area (Å²) in [6.07, 6.45) is 1.36. The van der Waals surface area contributed by atoms with E-state index >= 15 is 0 Å². The van der Waals surface area contributed by atoms with Crippen LogP contribution in [0.15, 0.2) is 35.0 Å². The SMILES string of the molecule is O=[N+]([O-])c1cc(-c2nc(-c3ccc[n+]([O-])c3N3CCOCC3)no2)cc(O)c1O. The fourth-order valence-corrected chi connectivity index (χ4v) is 3.06. The molecule has 1 saturated heterocycles. The van der Waals surface area contributed by atoms with Crippen molar-refractivity contribution >= 4 is 11.5 Å². The number of aromatic hydroxyl groups is 2. The zero-order valence-corrected chi connectivity index (χ0v) is 14.9. The maximum Gasteiger partial charge on any atom is 0.315 e. The molecule has 2 aromatic heterocycles. The minimum Gasteiger partial charge on any atom is -0.711 e. The molecule has 150 valence electrons. The molecule has 0 bridgehead atoms. The van der Waals surface area contributed by atoms with Gasteiger partial charge in [-0.1, -0.05) is 5.16 Å². The summed E-state index contributed by atoms with van der Waals surface area (Å²) in [4.78, 5) is 16.3. The molecule has 0 amide bonds. The minimum atomic E-state index is -0.858. The maximum atomic E-state index is 12.4. The highest BCUT2D eigenvalue weighted by Crippen LogP contribution is 2.39. The van der Waals surface area contributed by atoms with Gasteiger partial charge in [-0.25, -0.2) is 4.73 Å².